The summed E-state index contributed by atoms with van der Waals surface area (Å²) in [5.74, 6) is 0.0139. The van der Waals surface area contributed by atoms with Crippen molar-refractivity contribution in [3.05, 3.63) is 71.5 Å². The maximum atomic E-state index is 13.6. The first kappa shape index (κ1) is 14.6. The van der Waals surface area contributed by atoms with Crippen LogP contribution in [0.5, 0.6) is 5.75 Å². The van der Waals surface area contributed by atoms with Gasteiger partial charge in [-0.05, 0) is 60.5 Å². The number of phenols is 1. The third-order valence-corrected chi connectivity index (χ3v) is 4.32. The van der Waals surface area contributed by atoms with Gasteiger partial charge in [-0.3, -0.25) is 0 Å². The highest BCUT2D eigenvalue weighted by Crippen LogP contribution is 2.32. The Balaban J connectivity index is 1.68. The molecule has 2 N–H and O–H groups in total. The monoisotopic (exact) mass is 321 g/mol. The fraction of sp³-hybridized carbons (Fsp3) is 0.100. The van der Waals surface area contributed by atoms with Crippen molar-refractivity contribution in [3.63, 3.8) is 0 Å². The van der Waals surface area contributed by atoms with Crippen molar-refractivity contribution in [2.24, 2.45) is 0 Å². The molecule has 0 fully saturated rings. The third-order valence-electron chi connectivity index (χ3n) is 4.32. The van der Waals surface area contributed by atoms with E-state index >= 15 is 0 Å². The number of rotatable bonds is 3. The van der Waals surface area contributed by atoms with E-state index in [1.165, 1.54) is 6.07 Å². The highest BCUT2D eigenvalue weighted by atomic mass is 19.1. The van der Waals surface area contributed by atoms with Gasteiger partial charge in [0.25, 0.3) is 0 Å². The predicted molar refractivity (Wildman–Crippen MR) is 93.8 cm³/mol. The normalized spacial score (nSPS) is 11.2. The second-order valence-electron chi connectivity index (χ2n) is 5.87. The maximum Gasteiger partial charge on any atom is 0.135 e. The molecule has 4 rings (SSSR count). The molecule has 0 unspecified atom stereocenters. The molecule has 0 radical (unpaired) electrons. The minimum Gasteiger partial charge on any atom is -0.508 e. The predicted octanol–water partition coefficient (Wildman–Crippen LogP) is 5.35. The number of halogens is 1. The second kappa shape index (κ2) is 5.57. The summed E-state index contributed by atoms with van der Waals surface area (Å²) < 4.78 is 19.4. The van der Waals surface area contributed by atoms with Crippen LogP contribution in [0.1, 0.15) is 11.1 Å². The van der Waals surface area contributed by atoms with Crippen molar-refractivity contribution in [2.75, 3.05) is 5.32 Å². The molecule has 0 spiro atoms. The molecule has 0 aliphatic heterocycles. The van der Waals surface area contributed by atoms with Crippen molar-refractivity contribution in [3.8, 4) is 5.75 Å². The smallest absolute Gasteiger partial charge is 0.135 e. The lowest BCUT2D eigenvalue weighted by molar-refractivity contribution is 0.476. The van der Waals surface area contributed by atoms with Crippen LogP contribution >= 0.6 is 0 Å². The molecule has 0 aliphatic carbocycles. The van der Waals surface area contributed by atoms with Crippen molar-refractivity contribution >= 4 is 27.6 Å². The average Bonchev–Trinajstić information content (AvgIpc) is 2.93. The summed E-state index contributed by atoms with van der Waals surface area (Å²) in [4.78, 5) is 0. The first-order valence-electron chi connectivity index (χ1n) is 7.75. The first-order chi connectivity index (χ1) is 11.6. The van der Waals surface area contributed by atoms with Crippen LogP contribution in [-0.4, -0.2) is 5.11 Å². The zero-order chi connectivity index (χ0) is 16.7. The topological polar surface area (TPSA) is 45.4 Å². The molecular formula is C20H16FNO2. The lowest BCUT2D eigenvalue weighted by Gasteiger charge is -2.09. The Morgan fingerprint density at radius 2 is 1.75 bits per heavy atom. The molecule has 1 heterocycles. The van der Waals surface area contributed by atoms with E-state index in [2.05, 4.69) is 5.32 Å². The molecule has 0 aliphatic rings. The number of anilines is 1. The van der Waals surface area contributed by atoms with Gasteiger partial charge in [0.1, 0.15) is 22.7 Å². The van der Waals surface area contributed by atoms with Gasteiger partial charge in [-0.2, -0.15) is 0 Å². The zero-order valence-electron chi connectivity index (χ0n) is 13.1. The molecule has 0 saturated carbocycles. The van der Waals surface area contributed by atoms with Crippen molar-refractivity contribution in [2.45, 2.75) is 13.5 Å². The Hall–Kier alpha value is -3.01. The molecule has 4 heteroatoms. The summed E-state index contributed by atoms with van der Waals surface area (Å²) in [6.07, 6.45) is 0. The standard InChI is InChI=1S/C20H16FNO2/c1-12-13(3-2-4-18(12)21)11-22-14-5-7-19-16(9-14)17-10-15(23)6-8-20(17)24-19/h2-10,22-23H,11H2,1H3. The number of aromatic hydroxyl groups is 1. The Morgan fingerprint density at radius 3 is 2.58 bits per heavy atom. The Bertz CT molecular complexity index is 1050. The van der Waals surface area contributed by atoms with E-state index in [-0.39, 0.29) is 11.6 Å². The number of hydrogen-bond acceptors (Lipinski definition) is 3. The molecular weight excluding hydrogens is 305 g/mol. The number of furan rings is 1. The van der Waals surface area contributed by atoms with E-state index in [9.17, 15) is 9.50 Å². The van der Waals surface area contributed by atoms with Gasteiger partial charge in [-0.15, -0.1) is 0 Å². The molecule has 120 valence electrons. The van der Waals surface area contributed by atoms with E-state index in [0.717, 1.165) is 33.2 Å². The van der Waals surface area contributed by atoms with Crippen LogP contribution in [-0.2, 0) is 6.54 Å². The highest BCUT2D eigenvalue weighted by molar-refractivity contribution is 6.06. The van der Waals surface area contributed by atoms with Gasteiger partial charge < -0.3 is 14.8 Å². The quantitative estimate of drug-likeness (QED) is 0.534. The number of fused-ring (bicyclic) bond motifs is 3. The first-order valence-corrected chi connectivity index (χ1v) is 7.75. The van der Waals surface area contributed by atoms with E-state index in [0.29, 0.717) is 12.1 Å². The summed E-state index contributed by atoms with van der Waals surface area (Å²) in [7, 11) is 0. The largest absolute Gasteiger partial charge is 0.508 e. The SMILES string of the molecule is Cc1c(F)cccc1CNc1ccc2oc3ccc(O)cc3c2c1. The summed E-state index contributed by atoms with van der Waals surface area (Å²) in [6.45, 7) is 2.32. The molecule has 4 aromatic rings. The van der Waals surface area contributed by atoms with E-state index in [1.54, 1.807) is 31.2 Å². The van der Waals surface area contributed by atoms with Crippen molar-refractivity contribution in [1.82, 2.24) is 0 Å². The molecule has 0 atom stereocenters. The Morgan fingerprint density at radius 1 is 1.00 bits per heavy atom. The number of benzene rings is 3. The minimum absolute atomic E-state index is 0.193. The van der Waals surface area contributed by atoms with Crippen LogP contribution in [0.25, 0.3) is 21.9 Å². The van der Waals surface area contributed by atoms with Crippen LogP contribution < -0.4 is 5.32 Å². The fourth-order valence-corrected chi connectivity index (χ4v) is 2.92. The molecule has 24 heavy (non-hydrogen) atoms. The van der Waals surface area contributed by atoms with Gasteiger partial charge in [0.2, 0.25) is 0 Å². The van der Waals surface area contributed by atoms with Gasteiger partial charge in [0.05, 0.1) is 0 Å². The van der Waals surface area contributed by atoms with E-state index < -0.39 is 0 Å². The van der Waals surface area contributed by atoms with Gasteiger partial charge >= 0.3 is 0 Å². The zero-order valence-corrected chi connectivity index (χ0v) is 13.1. The highest BCUT2D eigenvalue weighted by Gasteiger charge is 2.09. The van der Waals surface area contributed by atoms with Gasteiger partial charge in [0, 0.05) is 23.0 Å². The van der Waals surface area contributed by atoms with Crippen LogP contribution in [0.2, 0.25) is 0 Å². The molecule has 0 saturated heterocycles. The van der Waals surface area contributed by atoms with Crippen molar-refractivity contribution < 1.29 is 13.9 Å². The maximum absolute atomic E-state index is 13.6. The Kier molecular flexibility index (Phi) is 3.38. The van der Waals surface area contributed by atoms with Crippen LogP contribution in [0.3, 0.4) is 0 Å². The fourth-order valence-electron chi connectivity index (χ4n) is 2.92. The minimum atomic E-state index is -0.193. The third kappa shape index (κ3) is 2.46. The number of phenolic OH excluding ortho intramolecular Hbond substituents is 1. The van der Waals surface area contributed by atoms with Crippen molar-refractivity contribution in [1.29, 1.82) is 0 Å². The molecule has 1 aromatic heterocycles. The molecule has 3 nitrogen and oxygen atoms in total. The summed E-state index contributed by atoms with van der Waals surface area (Å²) in [5.41, 5.74) is 4.00. The van der Waals surface area contributed by atoms with Gasteiger partial charge in [-0.1, -0.05) is 12.1 Å². The second-order valence-corrected chi connectivity index (χ2v) is 5.87. The van der Waals surface area contributed by atoms with Gasteiger partial charge in [0.15, 0.2) is 0 Å². The van der Waals surface area contributed by atoms with Gasteiger partial charge in [-0.25, -0.2) is 4.39 Å². The molecule has 3 aromatic carbocycles. The summed E-state index contributed by atoms with van der Waals surface area (Å²) in [6, 6.07) is 16.0. The van der Waals surface area contributed by atoms with Crippen LogP contribution in [0.4, 0.5) is 10.1 Å². The van der Waals surface area contributed by atoms with Crippen LogP contribution in [0, 0.1) is 12.7 Å². The molecule has 0 bridgehead atoms. The average molecular weight is 321 g/mol. The molecule has 0 amide bonds. The van der Waals surface area contributed by atoms with Crippen LogP contribution in [0.15, 0.2) is 59.0 Å². The number of hydrogen-bond donors (Lipinski definition) is 2. The Labute approximate surface area is 138 Å². The lowest BCUT2D eigenvalue weighted by Crippen LogP contribution is -2.02. The van der Waals surface area contributed by atoms with E-state index in [4.69, 9.17) is 4.42 Å². The lowest BCUT2D eigenvalue weighted by atomic mass is 10.1. The summed E-state index contributed by atoms with van der Waals surface area (Å²) >= 11 is 0. The van der Waals surface area contributed by atoms with E-state index in [1.807, 2.05) is 24.3 Å². The summed E-state index contributed by atoms with van der Waals surface area (Å²) in [5, 5.41) is 14.8. The number of nitrogens with one attached hydrogen (secondary N) is 1.